The molecule has 0 aromatic heterocycles. The Labute approximate surface area is 165 Å². The fourth-order valence-corrected chi connectivity index (χ4v) is 3.00. The number of benzene rings is 3. The molecule has 0 saturated carbocycles. The van der Waals surface area contributed by atoms with E-state index in [9.17, 15) is 5.11 Å². The van der Waals surface area contributed by atoms with E-state index in [1.165, 1.54) is 5.56 Å². The predicted molar refractivity (Wildman–Crippen MR) is 109 cm³/mol. The monoisotopic (exact) mass is 382 g/mol. The molecule has 0 bridgehead atoms. The van der Waals surface area contributed by atoms with Crippen molar-refractivity contribution in [2.75, 3.05) is 0 Å². The van der Waals surface area contributed by atoms with E-state index >= 15 is 0 Å². The summed E-state index contributed by atoms with van der Waals surface area (Å²) in [7, 11) is 0. The highest BCUT2D eigenvalue weighted by molar-refractivity contribution is 6.30. The van der Waals surface area contributed by atoms with Crippen molar-refractivity contribution in [3.63, 3.8) is 0 Å². The second-order valence-electron chi connectivity index (χ2n) is 6.71. The summed E-state index contributed by atoms with van der Waals surface area (Å²) in [5.74, 6) is 0.839. The lowest BCUT2D eigenvalue weighted by Crippen LogP contribution is -2.88. The van der Waals surface area contributed by atoms with Crippen LogP contribution in [0.1, 0.15) is 29.7 Å². The first kappa shape index (κ1) is 19.4. The predicted octanol–water partition coefficient (Wildman–Crippen LogP) is 4.10. The number of halogens is 1. The maximum Gasteiger partial charge on any atom is 0.130 e. The van der Waals surface area contributed by atoms with Gasteiger partial charge in [-0.2, -0.15) is 0 Å². The van der Waals surface area contributed by atoms with Crippen LogP contribution in [0.15, 0.2) is 78.9 Å². The van der Waals surface area contributed by atoms with Crippen LogP contribution in [0.3, 0.4) is 0 Å². The molecule has 3 nitrogen and oxygen atoms in total. The number of quaternary nitrogens is 1. The first-order valence-electron chi connectivity index (χ1n) is 9.14. The topological polar surface area (TPSA) is 46.1 Å². The number of hydrogen-bond donors (Lipinski definition) is 2. The van der Waals surface area contributed by atoms with Crippen molar-refractivity contribution in [1.29, 1.82) is 0 Å². The Morgan fingerprint density at radius 2 is 1.52 bits per heavy atom. The van der Waals surface area contributed by atoms with Gasteiger partial charge in [0.1, 0.15) is 31.0 Å². The minimum Gasteiger partial charge on any atom is -0.489 e. The molecule has 0 aliphatic carbocycles. The minimum atomic E-state index is -0.479. The quantitative estimate of drug-likeness (QED) is 0.616. The lowest BCUT2D eigenvalue weighted by molar-refractivity contribution is -0.709. The van der Waals surface area contributed by atoms with Gasteiger partial charge in [-0.25, -0.2) is 0 Å². The Kier molecular flexibility index (Phi) is 6.88. The van der Waals surface area contributed by atoms with Gasteiger partial charge in [0.2, 0.25) is 0 Å². The average molecular weight is 383 g/mol. The van der Waals surface area contributed by atoms with Gasteiger partial charge in [0.15, 0.2) is 0 Å². The molecular weight excluding hydrogens is 358 g/mol. The molecule has 0 aliphatic heterocycles. The van der Waals surface area contributed by atoms with Gasteiger partial charge in [0.25, 0.3) is 0 Å². The SMILES string of the molecule is C[C@H]([NH2+]Cc1ccc(OCc2ccc(Cl)cc2)cc1)[C@@H](O)c1ccccc1. The van der Waals surface area contributed by atoms with Gasteiger partial charge in [-0.05, 0) is 54.4 Å². The molecule has 0 unspecified atom stereocenters. The van der Waals surface area contributed by atoms with E-state index in [2.05, 4.69) is 17.4 Å². The first-order valence-corrected chi connectivity index (χ1v) is 9.52. The fraction of sp³-hybridized carbons (Fsp3) is 0.217. The molecule has 0 amide bonds. The van der Waals surface area contributed by atoms with Crippen LogP contribution in [0.5, 0.6) is 5.75 Å². The molecule has 0 aliphatic rings. The van der Waals surface area contributed by atoms with E-state index in [-0.39, 0.29) is 6.04 Å². The van der Waals surface area contributed by atoms with E-state index in [0.29, 0.717) is 6.61 Å². The lowest BCUT2D eigenvalue weighted by atomic mass is 10.0. The van der Waals surface area contributed by atoms with Crippen molar-refractivity contribution < 1.29 is 15.2 Å². The molecule has 0 fully saturated rings. The minimum absolute atomic E-state index is 0.0771. The van der Waals surface area contributed by atoms with Crippen LogP contribution in [-0.4, -0.2) is 11.1 Å². The summed E-state index contributed by atoms with van der Waals surface area (Å²) in [6.07, 6.45) is -0.479. The number of rotatable bonds is 8. The highest BCUT2D eigenvalue weighted by Gasteiger charge is 2.18. The molecule has 0 radical (unpaired) electrons. The number of hydrogen-bond acceptors (Lipinski definition) is 2. The summed E-state index contributed by atoms with van der Waals surface area (Å²) in [5.41, 5.74) is 3.23. The van der Waals surface area contributed by atoms with Crippen LogP contribution in [-0.2, 0) is 13.2 Å². The third-order valence-electron chi connectivity index (χ3n) is 4.61. The molecular formula is C23H25ClNO2+. The van der Waals surface area contributed by atoms with E-state index in [1.807, 2.05) is 73.7 Å². The normalized spacial score (nSPS) is 13.1. The molecule has 0 heterocycles. The first-order chi connectivity index (χ1) is 13.1. The van der Waals surface area contributed by atoms with Gasteiger partial charge in [0, 0.05) is 10.6 Å². The Bertz CT molecular complexity index is 819. The van der Waals surface area contributed by atoms with Crippen molar-refractivity contribution in [3.8, 4) is 5.75 Å². The van der Waals surface area contributed by atoms with Crippen molar-refractivity contribution in [1.82, 2.24) is 0 Å². The van der Waals surface area contributed by atoms with E-state index in [4.69, 9.17) is 16.3 Å². The smallest absolute Gasteiger partial charge is 0.130 e. The van der Waals surface area contributed by atoms with Crippen LogP contribution in [0.4, 0.5) is 0 Å². The zero-order chi connectivity index (χ0) is 19.1. The lowest BCUT2D eigenvalue weighted by Gasteiger charge is -2.18. The molecule has 27 heavy (non-hydrogen) atoms. The van der Waals surface area contributed by atoms with Crippen molar-refractivity contribution >= 4 is 11.6 Å². The standard InChI is InChI=1S/C23H24ClNO2/c1-17(23(26)20-5-3-2-4-6-20)25-15-18-9-13-22(14-10-18)27-16-19-7-11-21(24)12-8-19/h2-14,17,23,25-26H,15-16H2,1H3/p+1/t17-,23+/m0/s1. The third kappa shape index (κ3) is 5.83. The molecule has 140 valence electrons. The Morgan fingerprint density at radius 3 is 2.19 bits per heavy atom. The molecule has 3 N–H and O–H groups in total. The van der Waals surface area contributed by atoms with Gasteiger partial charge >= 0.3 is 0 Å². The largest absolute Gasteiger partial charge is 0.489 e. The Hall–Kier alpha value is -2.33. The summed E-state index contributed by atoms with van der Waals surface area (Å²) in [6, 6.07) is 25.6. The number of aliphatic hydroxyl groups is 1. The van der Waals surface area contributed by atoms with Gasteiger partial charge in [-0.15, -0.1) is 0 Å². The molecule has 2 atom stereocenters. The highest BCUT2D eigenvalue weighted by atomic mass is 35.5. The molecule has 4 heteroatoms. The van der Waals surface area contributed by atoms with Gasteiger partial charge in [0.05, 0.1) is 0 Å². The van der Waals surface area contributed by atoms with E-state index in [0.717, 1.165) is 28.4 Å². The number of ether oxygens (including phenoxy) is 1. The van der Waals surface area contributed by atoms with Crippen molar-refractivity contribution in [3.05, 3.63) is 101 Å². The van der Waals surface area contributed by atoms with Gasteiger partial charge < -0.3 is 15.2 Å². The van der Waals surface area contributed by atoms with Crippen LogP contribution < -0.4 is 10.1 Å². The Balaban J connectivity index is 1.48. The number of nitrogens with two attached hydrogens (primary N) is 1. The summed E-state index contributed by atoms with van der Waals surface area (Å²) in [5, 5.41) is 13.3. The van der Waals surface area contributed by atoms with Crippen LogP contribution in [0, 0.1) is 0 Å². The molecule has 3 rings (SSSR count). The summed E-state index contributed by atoms with van der Waals surface area (Å²) < 4.78 is 5.82. The molecule has 0 saturated heterocycles. The van der Waals surface area contributed by atoms with Crippen LogP contribution in [0.2, 0.25) is 5.02 Å². The van der Waals surface area contributed by atoms with Crippen LogP contribution >= 0.6 is 11.6 Å². The fourth-order valence-electron chi connectivity index (χ4n) is 2.87. The maximum absolute atomic E-state index is 10.4. The summed E-state index contributed by atoms with van der Waals surface area (Å²) in [4.78, 5) is 0. The molecule has 3 aromatic carbocycles. The van der Waals surface area contributed by atoms with Gasteiger partial charge in [-0.3, -0.25) is 0 Å². The Morgan fingerprint density at radius 1 is 0.889 bits per heavy atom. The average Bonchev–Trinajstić information content (AvgIpc) is 2.72. The summed E-state index contributed by atoms with van der Waals surface area (Å²) >= 11 is 5.89. The van der Waals surface area contributed by atoms with Gasteiger partial charge in [-0.1, -0.05) is 54.1 Å². The number of aliphatic hydroxyl groups excluding tert-OH is 1. The summed E-state index contributed by atoms with van der Waals surface area (Å²) in [6.45, 7) is 3.37. The molecule has 3 aromatic rings. The van der Waals surface area contributed by atoms with Crippen molar-refractivity contribution in [2.24, 2.45) is 0 Å². The third-order valence-corrected chi connectivity index (χ3v) is 4.86. The second-order valence-corrected chi connectivity index (χ2v) is 7.15. The van der Waals surface area contributed by atoms with Crippen LogP contribution in [0.25, 0.3) is 0 Å². The zero-order valence-electron chi connectivity index (χ0n) is 15.4. The maximum atomic E-state index is 10.4. The highest BCUT2D eigenvalue weighted by Crippen LogP contribution is 2.16. The van der Waals surface area contributed by atoms with Crippen molar-refractivity contribution in [2.45, 2.75) is 32.2 Å². The second kappa shape index (κ2) is 9.56. The van der Waals surface area contributed by atoms with E-state index in [1.54, 1.807) is 0 Å². The molecule has 0 spiro atoms. The van der Waals surface area contributed by atoms with E-state index < -0.39 is 6.10 Å². The zero-order valence-corrected chi connectivity index (χ0v) is 16.1.